The molecular formula is C25H31IN4O8. The highest BCUT2D eigenvalue weighted by Gasteiger charge is 2.25. The van der Waals surface area contributed by atoms with Gasteiger partial charge in [-0.05, 0) is 48.4 Å². The van der Waals surface area contributed by atoms with Crippen molar-refractivity contribution in [2.75, 3.05) is 6.54 Å². The average Bonchev–Trinajstić information content (AvgIpc) is 2.88. The second-order valence-electron chi connectivity index (χ2n) is 8.67. The number of urea groups is 1. The number of rotatable bonds is 16. The molecule has 0 spiro atoms. The van der Waals surface area contributed by atoms with Crippen molar-refractivity contribution in [3.05, 3.63) is 48.0 Å². The SMILES string of the molecule is O=C(O)CC[C@H](NC(=O)N[C@@H](CCCCNC(=O)C(Cc1ccc2ccccc2c1)NI)C(=O)O)C(=O)O. The molecule has 3 amide bonds. The minimum absolute atomic E-state index is 0.0521. The van der Waals surface area contributed by atoms with Crippen molar-refractivity contribution in [1.82, 2.24) is 19.5 Å². The van der Waals surface area contributed by atoms with Crippen LogP contribution in [0.2, 0.25) is 0 Å². The number of hydrogen-bond donors (Lipinski definition) is 7. The van der Waals surface area contributed by atoms with Crippen LogP contribution in [0.25, 0.3) is 10.8 Å². The van der Waals surface area contributed by atoms with Gasteiger partial charge in [0.1, 0.15) is 12.1 Å². The molecule has 38 heavy (non-hydrogen) atoms. The molecule has 0 fully saturated rings. The average molecular weight is 642 g/mol. The maximum absolute atomic E-state index is 12.6. The minimum Gasteiger partial charge on any atom is -0.481 e. The number of hydrogen-bond acceptors (Lipinski definition) is 6. The predicted octanol–water partition coefficient (Wildman–Crippen LogP) is 2.05. The molecule has 206 valence electrons. The standard InChI is InChI=1S/C25H31IN4O8/c26-30-20(14-15-8-9-16-5-1-2-6-17(16)13-15)22(33)27-12-4-3-7-18(23(34)35)28-25(38)29-19(24(36)37)10-11-21(31)32/h1-2,5-6,8-9,13,18-20,30H,3-4,7,10-12,14H2,(H,27,33)(H,31,32)(H,34,35)(H,36,37)(H2,28,29,38)/t18-,19-,20?/m0/s1. The third kappa shape index (κ3) is 10.5. The molecule has 3 atom stereocenters. The molecule has 1 unspecified atom stereocenters. The molecule has 0 saturated carbocycles. The van der Waals surface area contributed by atoms with Crippen molar-refractivity contribution in [3.63, 3.8) is 0 Å². The highest BCUT2D eigenvalue weighted by atomic mass is 127. The number of nitrogens with one attached hydrogen (secondary N) is 4. The van der Waals surface area contributed by atoms with Crippen LogP contribution in [-0.4, -0.2) is 69.8 Å². The van der Waals surface area contributed by atoms with E-state index in [2.05, 4.69) is 19.5 Å². The predicted molar refractivity (Wildman–Crippen MR) is 147 cm³/mol. The Morgan fingerprint density at radius 1 is 0.789 bits per heavy atom. The quantitative estimate of drug-likeness (QED) is 0.0815. The third-order valence-corrected chi connectivity index (χ3v) is 6.53. The summed E-state index contributed by atoms with van der Waals surface area (Å²) in [6.07, 6.45) is 0.552. The maximum atomic E-state index is 12.6. The summed E-state index contributed by atoms with van der Waals surface area (Å²) < 4.78 is 2.98. The molecular weight excluding hydrogens is 611 g/mol. The van der Waals surface area contributed by atoms with Gasteiger partial charge in [-0.2, -0.15) is 0 Å². The van der Waals surface area contributed by atoms with Gasteiger partial charge in [-0.25, -0.2) is 17.9 Å². The van der Waals surface area contributed by atoms with Crippen molar-refractivity contribution in [2.24, 2.45) is 0 Å². The summed E-state index contributed by atoms with van der Waals surface area (Å²) >= 11 is 1.94. The van der Waals surface area contributed by atoms with Crippen LogP contribution in [0, 0.1) is 0 Å². The molecule has 0 saturated heterocycles. The van der Waals surface area contributed by atoms with Crippen LogP contribution in [0.4, 0.5) is 4.79 Å². The number of carboxylic acids is 3. The minimum atomic E-state index is -1.47. The lowest BCUT2D eigenvalue weighted by molar-refractivity contribution is -0.140. The highest BCUT2D eigenvalue weighted by Crippen LogP contribution is 2.17. The molecule has 0 aliphatic rings. The lowest BCUT2D eigenvalue weighted by Crippen LogP contribution is -2.51. The number of amides is 3. The lowest BCUT2D eigenvalue weighted by atomic mass is 10.0. The Morgan fingerprint density at radius 3 is 2.03 bits per heavy atom. The van der Waals surface area contributed by atoms with Crippen LogP contribution < -0.4 is 19.5 Å². The summed E-state index contributed by atoms with van der Waals surface area (Å²) in [7, 11) is 0. The van der Waals surface area contributed by atoms with Crippen molar-refractivity contribution in [2.45, 2.75) is 56.7 Å². The number of unbranched alkanes of at least 4 members (excludes halogenated alkanes) is 1. The van der Waals surface area contributed by atoms with E-state index in [1.54, 1.807) is 0 Å². The van der Waals surface area contributed by atoms with Gasteiger partial charge in [0, 0.05) is 35.8 Å². The summed E-state index contributed by atoms with van der Waals surface area (Å²) in [6, 6.07) is 9.77. The van der Waals surface area contributed by atoms with Crippen molar-refractivity contribution in [3.8, 4) is 0 Å². The van der Waals surface area contributed by atoms with Crippen LogP contribution in [0.1, 0.15) is 37.7 Å². The number of carboxylic acid groups (broad SMARTS) is 3. The van der Waals surface area contributed by atoms with Gasteiger partial charge in [0.2, 0.25) is 5.91 Å². The number of benzene rings is 2. The van der Waals surface area contributed by atoms with E-state index in [1.807, 2.05) is 65.3 Å². The topological polar surface area (TPSA) is 194 Å². The highest BCUT2D eigenvalue weighted by molar-refractivity contribution is 14.1. The largest absolute Gasteiger partial charge is 0.481 e. The Labute approximate surface area is 233 Å². The van der Waals surface area contributed by atoms with Gasteiger partial charge < -0.3 is 31.3 Å². The van der Waals surface area contributed by atoms with Crippen molar-refractivity contribution < 1.29 is 39.3 Å². The molecule has 13 heteroatoms. The molecule has 0 aromatic heterocycles. The molecule has 2 rings (SSSR count). The number of carbonyl (C=O) groups excluding carboxylic acids is 2. The Bertz CT molecular complexity index is 1150. The Kier molecular flexibility index (Phi) is 12.7. The molecule has 0 aliphatic heterocycles. The van der Waals surface area contributed by atoms with E-state index in [-0.39, 0.29) is 18.7 Å². The normalized spacial score (nSPS) is 13.2. The Balaban J connectivity index is 1.77. The van der Waals surface area contributed by atoms with Gasteiger partial charge in [-0.15, -0.1) is 0 Å². The number of halogens is 1. The summed E-state index contributed by atoms with van der Waals surface area (Å²) in [5, 5.41) is 36.5. The zero-order valence-corrected chi connectivity index (χ0v) is 22.6. The Morgan fingerprint density at radius 2 is 1.42 bits per heavy atom. The second-order valence-corrected chi connectivity index (χ2v) is 9.29. The van der Waals surface area contributed by atoms with E-state index in [4.69, 9.17) is 10.2 Å². The molecule has 0 radical (unpaired) electrons. The summed E-state index contributed by atoms with van der Waals surface area (Å²) in [5.41, 5.74) is 1.01. The van der Waals surface area contributed by atoms with E-state index >= 15 is 0 Å². The smallest absolute Gasteiger partial charge is 0.326 e. The first-order chi connectivity index (χ1) is 18.1. The van der Waals surface area contributed by atoms with Crippen LogP contribution in [0.15, 0.2) is 42.5 Å². The van der Waals surface area contributed by atoms with Gasteiger partial charge in [0.15, 0.2) is 0 Å². The first-order valence-corrected chi connectivity index (χ1v) is 13.0. The zero-order valence-electron chi connectivity index (χ0n) is 20.5. The monoisotopic (exact) mass is 642 g/mol. The summed E-state index contributed by atoms with van der Waals surface area (Å²) in [4.78, 5) is 58.0. The van der Waals surface area contributed by atoms with Gasteiger partial charge in [-0.3, -0.25) is 9.59 Å². The number of aliphatic carboxylic acids is 3. The maximum Gasteiger partial charge on any atom is 0.326 e. The fraction of sp³-hybridized carbons (Fsp3) is 0.400. The lowest BCUT2D eigenvalue weighted by Gasteiger charge is -2.18. The molecule has 2 aromatic rings. The number of fused-ring (bicyclic) bond motifs is 1. The summed E-state index contributed by atoms with van der Waals surface area (Å²) in [5.74, 6) is -4.14. The third-order valence-electron chi connectivity index (χ3n) is 5.77. The fourth-order valence-corrected chi connectivity index (χ4v) is 4.23. The van der Waals surface area contributed by atoms with E-state index in [1.165, 1.54) is 0 Å². The first kappa shape index (κ1) is 30.8. The van der Waals surface area contributed by atoms with Gasteiger partial charge in [0.25, 0.3) is 0 Å². The van der Waals surface area contributed by atoms with Crippen molar-refractivity contribution in [1.29, 1.82) is 0 Å². The molecule has 12 nitrogen and oxygen atoms in total. The first-order valence-electron chi connectivity index (χ1n) is 12.0. The van der Waals surface area contributed by atoms with Crippen LogP contribution in [0.5, 0.6) is 0 Å². The Hall–Kier alpha value is -3.46. The van der Waals surface area contributed by atoms with Crippen molar-refractivity contribution >= 4 is 63.5 Å². The van der Waals surface area contributed by atoms with Crippen LogP contribution in [0.3, 0.4) is 0 Å². The van der Waals surface area contributed by atoms with E-state index in [0.29, 0.717) is 25.8 Å². The fourth-order valence-electron chi connectivity index (χ4n) is 3.73. The van der Waals surface area contributed by atoms with Gasteiger partial charge in [0.05, 0.1) is 6.04 Å². The summed E-state index contributed by atoms with van der Waals surface area (Å²) in [6.45, 7) is 0.306. The van der Waals surface area contributed by atoms with Crippen LogP contribution >= 0.6 is 22.9 Å². The number of carbonyl (C=O) groups is 5. The molecule has 2 aromatic carbocycles. The van der Waals surface area contributed by atoms with E-state index in [9.17, 15) is 29.1 Å². The molecule has 0 bridgehead atoms. The van der Waals surface area contributed by atoms with E-state index < -0.39 is 48.5 Å². The second kappa shape index (κ2) is 15.7. The van der Waals surface area contributed by atoms with E-state index in [0.717, 1.165) is 16.3 Å². The zero-order chi connectivity index (χ0) is 28.1. The van der Waals surface area contributed by atoms with Gasteiger partial charge >= 0.3 is 23.9 Å². The molecule has 0 heterocycles. The van der Waals surface area contributed by atoms with Gasteiger partial charge in [-0.1, -0.05) is 42.5 Å². The molecule has 0 aliphatic carbocycles. The molecule has 7 N–H and O–H groups in total. The van der Waals surface area contributed by atoms with Crippen LogP contribution in [-0.2, 0) is 25.6 Å².